The fourth-order valence-corrected chi connectivity index (χ4v) is 4.17. The van der Waals surface area contributed by atoms with Crippen LogP contribution in [0, 0.1) is 0 Å². The van der Waals surface area contributed by atoms with Gasteiger partial charge in [-0.3, -0.25) is 14.3 Å². The number of benzene rings is 3. The molecule has 2 heterocycles. The molecule has 0 saturated heterocycles. The van der Waals surface area contributed by atoms with E-state index in [0.717, 1.165) is 28.0 Å². The third-order valence-electron chi connectivity index (χ3n) is 4.89. The van der Waals surface area contributed by atoms with Crippen LogP contribution in [0.4, 0.5) is 5.69 Å². The Morgan fingerprint density at radius 2 is 1.59 bits per heavy atom. The molecule has 0 aliphatic rings. The molecule has 32 heavy (non-hydrogen) atoms. The van der Waals surface area contributed by atoms with Crippen molar-refractivity contribution in [2.24, 2.45) is 0 Å². The normalized spacial score (nSPS) is 10.9. The van der Waals surface area contributed by atoms with Crippen molar-refractivity contribution >= 4 is 34.3 Å². The number of para-hydroxylation sites is 2. The summed E-state index contributed by atoms with van der Waals surface area (Å²) in [5, 5.41) is 13.3. The quantitative estimate of drug-likeness (QED) is 0.369. The minimum Gasteiger partial charge on any atom is -0.324 e. The van der Waals surface area contributed by atoms with Crippen molar-refractivity contribution in [1.29, 1.82) is 0 Å². The number of hydrogen-bond donors (Lipinski definition) is 1. The van der Waals surface area contributed by atoms with Crippen molar-refractivity contribution in [3.8, 4) is 17.1 Å². The van der Waals surface area contributed by atoms with Crippen molar-refractivity contribution in [2.45, 2.75) is 5.16 Å². The molecule has 0 saturated carbocycles. The van der Waals surface area contributed by atoms with Crippen LogP contribution in [0.1, 0.15) is 0 Å². The van der Waals surface area contributed by atoms with E-state index in [1.807, 2.05) is 95.6 Å². The van der Waals surface area contributed by atoms with Crippen LogP contribution >= 0.6 is 11.8 Å². The molecule has 6 nitrogen and oxygen atoms in total. The molecule has 2 aromatic heterocycles. The number of anilines is 1. The van der Waals surface area contributed by atoms with E-state index >= 15 is 0 Å². The van der Waals surface area contributed by atoms with Gasteiger partial charge in [-0.2, -0.15) is 0 Å². The average Bonchev–Trinajstić information content (AvgIpc) is 3.28. The van der Waals surface area contributed by atoms with Crippen molar-refractivity contribution in [1.82, 2.24) is 19.7 Å². The molecule has 0 aliphatic heterocycles. The lowest BCUT2D eigenvalue weighted by atomic mass is 10.2. The molecule has 1 amide bonds. The monoisotopic (exact) mass is 437 g/mol. The van der Waals surface area contributed by atoms with Gasteiger partial charge in [-0.05, 0) is 24.3 Å². The van der Waals surface area contributed by atoms with E-state index in [1.165, 1.54) is 11.8 Å². The first-order valence-corrected chi connectivity index (χ1v) is 11.1. The maximum atomic E-state index is 12.6. The summed E-state index contributed by atoms with van der Waals surface area (Å²) in [5.41, 5.74) is 3.47. The topological polar surface area (TPSA) is 72.7 Å². The lowest BCUT2D eigenvalue weighted by Crippen LogP contribution is -2.14. The second kappa shape index (κ2) is 9.03. The highest BCUT2D eigenvalue weighted by atomic mass is 32.2. The van der Waals surface area contributed by atoms with E-state index in [4.69, 9.17) is 0 Å². The van der Waals surface area contributed by atoms with Gasteiger partial charge in [0.25, 0.3) is 0 Å². The Balaban J connectivity index is 1.37. The SMILES string of the molecule is O=C(CSc1nnc(-c2ccccc2)n1-c1ccccc1)Nc1cnc2ccccc2c1. The maximum absolute atomic E-state index is 12.6. The van der Waals surface area contributed by atoms with Crippen LogP contribution in [0.5, 0.6) is 0 Å². The number of rotatable bonds is 6. The first-order valence-electron chi connectivity index (χ1n) is 10.1. The van der Waals surface area contributed by atoms with Gasteiger partial charge in [0.1, 0.15) is 0 Å². The number of carbonyl (C=O) groups is 1. The molecule has 3 aromatic carbocycles. The smallest absolute Gasteiger partial charge is 0.234 e. The highest BCUT2D eigenvalue weighted by Gasteiger charge is 2.17. The first-order chi connectivity index (χ1) is 15.8. The summed E-state index contributed by atoms with van der Waals surface area (Å²) in [7, 11) is 0. The summed E-state index contributed by atoms with van der Waals surface area (Å²) >= 11 is 1.35. The molecule has 0 bridgehead atoms. The summed E-state index contributed by atoms with van der Waals surface area (Å²) in [4.78, 5) is 17.0. The van der Waals surface area contributed by atoms with Gasteiger partial charge in [-0.1, -0.05) is 78.5 Å². The number of nitrogens with one attached hydrogen (secondary N) is 1. The Morgan fingerprint density at radius 1 is 0.875 bits per heavy atom. The Bertz CT molecular complexity index is 1370. The van der Waals surface area contributed by atoms with Crippen LogP contribution in [-0.2, 0) is 4.79 Å². The molecule has 0 aliphatic carbocycles. The lowest BCUT2D eigenvalue weighted by Gasteiger charge is -2.10. The molecule has 0 spiro atoms. The summed E-state index contributed by atoms with van der Waals surface area (Å²) in [6.07, 6.45) is 1.67. The minimum atomic E-state index is -0.129. The van der Waals surface area contributed by atoms with Crippen LogP contribution in [0.15, 0.2) is 102 Å². The van der Waals surface area contributed by atoms with Gasteiger partial charge in [0.2, 0.25) is 5.91 Å². The third-order valence-corrected chi connectivity index (χ3v) is 5.82. The zero-order valence-corrected chi connectivity index (χ0v) is 17.9. The Kier molecular flexibility index (Phi) is 5.63. The largest absolute Gasteiger partial charge is 0.324 e. The fourth-order valence-electron chi connectivity index (χ4n) is 3.41. The predicted octanol–water partition coefficient (Wildman–Crippen LogP) is 5.21. The second-order valence-electron chi connectivity index (χ2n) is 7.10. The molecular formula is C25H19N5OS. The van der Waals surface area contributed by atoms with Crippen LogP contribution in [0.25, 0.3) is 28.0 Å². The molecule has 0 radical (unpaired) electrons. The number of fused-ring (bicyclic) bond motifs is 1. The Labute approximate surface area is 189 Å². The van der Waals surface area contributed by atoms with Gasteiger partial charge in [0.15, 0.2) is 11.0 Å². The van der Waals surface area contributed by atoms with E-state index in [9.17, 15) is 4.79 Å². The minimum absolute atomic E-state index is 0.129. The van der Waals surface area contributed by atoms with Gasteiger partial charge >= 0.3 is 0 Å². The predicted molar refractivity (Wildman–Crippen MR) is 128 cm³/mol. The van der Waals surface area contributed by atoms with E-state index < -0.39 is 0 Å². The first kappa shape index (κ1) is 20.0. The van der Waals surface area contributed by atoms with Crippen molar-refractivity contribution in [3.05, 3.63) is 97.2 Å². The van der Waals surface area contributed by atoms with E-state index in [1.54, 1.807) is 6.20 Å². The van der Waals surface area contributed by atoms with Gasteiger partial charge in [0, 0.05) is 16.6 Å². The van der Waals surface area contributed by atoms with Gasteiger partial charge < -0.3 is 5.32 Å². The van der Waals surface area contributed by atoms with E-state index in [0.29, 0.717) is 10.8 Å². The number of nitrogens with zero attached hydrogens (tertiary/aromatic N) is 4. The van der Waals surface area contributed by atoms with Crippen LogP contribution in [-0.4, -0.2) is 31.4 Å². The lowest BCUT2D eigenvalue weighted by molar-refractivity contribution is -0.113. The Morgan fingerprint density at radius 3 is 2.41 bits per heavy atom. The summed E-state index contributed by atoms with van der Waals surface area (Å²) in [5.74, 6) is 0.807. The number of hydrogen-bond acceptors (Lipinski definition) is 5. The van der Waals surface area contributed by atoms with Crippen LogP contribution in [0.2, 0.25) is 0 Å². The molecular weight excluding hydrogens is 418 g/mol. The second-order valence-corrected chi connectivity index (χ2v) is 8.04. The maximum Gasteiger partial charge on any atom is 0.234 e. The number of carbonyl (C=O) groups excluding carboxylic acids is 1. The molecule has 1 N–H and O–H groups in total. The van der Waals surface area contributed by atoms with E-state index in [-0.39, 0.29) is 11.7 Å². The van der Waals surface area contributed by atoms with Gasteiger partial charge in [-0.15, -0.1) is 10.2 Å². The van der Waals surface area contributed by atoms with Crippen LogP contribution in [0.3, 0.4) is 0 Å². The molecule has 156 valence electrons. The zero-order valence-electron chi connectivity index (χ0n) is 17.1. The fraction of sp³-hybridized carbons (Fsp3) is 0.0400. The highest BCUT2D eigenvalue weighted by Crippen LogP contribution is 2.28. The highest BCUT2D eigenvalue weighted by molar-refractivity contribution is 7.99. The van der Waals surface area contributed by atoms with Crippen molar-refractivity contribution in [3.63, 3.8) is 0 Å². The Hall–Kier alpha value is -3.97. The molecule has 5 rings (SSSR count). The molecule has 0 fully saturated rings. The number of pyridine rings is 1. The zero-order chi connectivity index (χ0) is 21.8. The number of thioether (sulfide) groups is 1. The van der Waals surface area contributed by atoms with E-state index in [2.05, 4.69) is 20.5 Å². The van der Waals surface area contributed by atoms with Gasteiger partial charge in [-0.25, -0.2) is 0 Å². The number of amides is 1. The van der Waals surface area contributed by atoms with Crippen LogP contribution < -0.4 is 5.32 Å². The number of aromatic nitrogens is 4. The molecule has 5 aromatic rings. The third kappa shape index (κ3) is 4.24. The molecule has 0 atom stereocenters. The standard InChI is InChI=1S/C25H19N5OS/c31-23(27-20-15-19-11-7-8-14-22(19)26-16-20)17-32-25-29-28-24(18-9-3-1-4-10-18)30(25)21-12-5-2-6-13-21/h1-16H,17H2,(H,27,31). The van der Waals surface area contributed by atoms with Gasteiger partial charge in [0.05, 0.1) is 23.2 Å². The van der Waals surface area contributed by atoms with Crippen molar-refractivity contribution < 1.29 is 4.79 Å². The average molecular weight is 438 g/mol. The summed E-state index contributed by atoms with van der Waals surface area (Å²) < 4.78 is 1.98. The molecule has 0 unspecified atom stereocenters. The van der Waals surface area contributed by atoms with Crippen molar-refractivity contribution in [2.75, 3.05) is 11.1 Å². The molecule has 7 heteroatoms. The summed E-state index contributed by atoms with van der Waals surface area (Å²) in [6.45, 7) is 0. The summed E-state index contributed by atoms with van der Waals surface area (Å²) in [6, 6.07) is 29.5.